The summed E-state index contributed by atoms with van der Waals surface area (Å²) in [6, 6.07) is 11.8. The number of aliphatic hydroxyl groups excluding tert-OH is 1. The molecule has 1 aliphatic heterocycles. The second-order valence-electron chi connectivity index (χ2n) is 7.40. The largest absolute Gasteiger partial charge is 0.507 e. The molecule has 0 spiro atoms. The van der Waals surface area contributed by atoms with Crippen molar-refractivity contribution in [3.8, 4) is 17.6 Å². The monoisotopic (exact) mass is 509 g/mol. The molecule has 10 heteroatoms. The molecule has 1 fully saturated rings. The van der Waals surface area contributed by atoms with Crippen LogP contribution in [0.4, 0.5) is 5.69 Å². The molecule has 1 saturated heterocycles. The van der Waals surface area contributed by atoms with Gasteiger partial charge in [0.15, 0.2) is 11.5 Å². The molecule has 0 radical (unpaired) electrons. The number of hydrogen-bond acceptors (Lipinski definition) is 7. The number of amides is 1. The van der Waals surface area contributed by atoms with Gasteiger partial charge in [0, 0.05) is 18.1 Å². The van der Waals surface area contributed by atoms with Crippen molar-refractivity contribution in [2.75, 3.05) is 19.1 Å². The fraction of sp³-hybridized carbons (Fsp3) is 0.120. The quantitative estimate of drug-likeness (QED) is 0.295. The maximum absolute atomic E-state index is 13.3. The van der Waals surface area contributed by atoms with Crippen LogP contribution in [0.2, 0.25) is 10.0 Å². The number of hydrogen-bond donors (Lipinski definition) is 1. The molecule has 3 aromatic rings. The van der Waals surface area contributed by atoms with E-state index in [9.17, 15) is 14.7 Å². The number of pyridine rings is 1. The Balaban J connectivity index is 1.99. The fourth-order valence-corrected chi connectivity index (χ4v) is 4.63. The molecule has 176 valence electrons. The summed E-state index contributed by atoms with van der Waals surface area (Å²) in [5, 5.41) is 20.6. The molecule has 2 aromatic carbocycles. The summed E-state index contributed by atoms with van der Waals surface area (Å²) < 4.78 is 10.6. The highest BCUT2D eigenvalue weighted by Gasteiger charge is 2.47. The Morgan fingerprint density at radius 2 is 1.80 bits per heavy atom. The van der Waals surface area contributed by atoms with Gasteiger partial charge in [-0.25, -0.2) is 0 Å². The predicted octanol–water partition coefficient (Wildman–Crippen LogP) is 4.90. The third kappa shape index (κ3) is 4.05. The number of rotatable bonds is 5. The van der Waals surface area contributed by atoms with Crippen LogP contribution in [0.5, 0.6) is 11.5 Å². The van der Waals surface area contributed by atoms with Gasteiger partial charge in [0.2, 0.25) is 0 Å². The molecule has 1 amide bonds. The first-order chi connectivity index (χ1) is 16.8. The highest BCUT2D eigenvalue weighted by molar-refractivity contribution is 6.52. The summed E-state index contributed by atoms with van der Waals surface area (Å²) in [5.74, 6) is -2.18. The Hall–Kier alpha value is -4.06. The first-order valence-electron chi connectivity index (χ1n) is 10.2. The highest BCUT2D eigenvalue weighted by Crippen LogP contribution is 2.47. The molecule has 1 atom stereocenters. The van der Waals surface area contributed by atoms with Crippen molar-refractivity contribution in [1.29, 1.82) is 5.26 Å². The second kappa shape index (κ2) is 9.66. The molecule has 8 nitrogen and oxygen atoms in total. The average Bonchev–Trinajstić information content (AvgIpc) is 3.14. The Morgan fingerprint density at radius 1 is 1.11 bits per heavy atom. The van der Waals surface area contributed by atoms with Crippen LogP contribution in [0.25, 0.3) is 5.76 Å². The van der Waals surface area contributed by atoms with Gasteiger partial charge in [-0.3, -0.25) is 19.5 Å². The van der Waals surface area contributed by atoms with Crippen LogP contribution in [-0.4, -0.2) is 36.0 Å². The van der Waals surface area contributed by atoms with Gasteiger partial charge in [-0.1, -0.05) is 29.3 Å². The first-order valence-corrected chi connectivity index (χ1v) is 10.9. The molecule has 1 aliphatic rings. The van der Waals surface area contributed by atoms with Gasteiger partial charge in [0.25, 0.3) is 11.7 Å². The highest BCUT2D eigenvalue weighted by atomic mass is 35.5. The Kier molecular flexibility index (Phi) is 6.65. The summed E-state index contributed by atoms with van der Waals surface area (Å²) in [6.45, 7) is 0. The first kappa shape index (κ1) is 24.1. The molecule has 0 bridgehead atoms. The second-order valence-corrected chi connectivity index (χ2v) is 8.19. The van der Waals surface area contributed by atoms with Crippen LogP contribution in [0.3, 0.4) is 0 Å². The van der Waals surface area contributed by atoms with Crippen molar-refractivity contribution in [3.05, 3.63) is 87.2 Å². The Bertz CT molecular complexity index is 1400. The third-order valence-electron chi connectivity index (χ3n) is 5.51. The Labute approximate surface area is 210 Å². The number of methoxy groups -OCH3 is 2. The van der Waals surface area contributed by atoms with E-state index in [1.54, 1.807) is 30.5 Å². The van der Waals surface area contributed by atoms with E-state index in [2.05, 4.69) is 4.98 Å². The minimum atomic E-state index is -1.03. The van der Waals surface area contributed by atoms with Crippen molar-refractivity contribution in [3.63, 3.8) is 0 Å². The van der Waals surface area contributed by atoms with Crippen LogP contribution in [0, 0.1) is 11.3 Å². The van der Waals surface area contributed by atoms with Crippen LogP contribution in [0.15, 0.2) is 60.4 Å². The number of aromatic nitrogens is 1. The molecule has 4 rings (SSSR count). The van der Waals surface area contributed by atoms with Gasteiger partial charge >= 0.3 is 0 Å². The molecule has 0 aliphatic carbocycles. The normalized spacial score (nSPS) is 16.8. The summed E-state index contributed by atoms with van der Waals surface area (Å²) >= 11 is 12.7. The number of anilines is 1. The zero-order chi connectivity index (χ0) is 25.3. The summed E-state index contributed by atoms with van der Waals surface area (Å²) in [4.78, 5) is 31.9. The number of ether oxygens (including phenoxy) is 2. The predicted molar refractivity (Wildman–Crippen MR) is 130 cm³/mol. The number of Topliss-reactive ketones (excluding diaryl/α,β-unsaturated/α-hetero) is 1. The van der Waals surface area contributed by atoms with Crippen LogP contribution in [0.1, 0.15) is 22.7 Å². The summed E-state index contributed by atoms with van der Waals surface area (Å²) in [6.07, 6.45) is 3.04. The average molecular weight is 510 g/mol. The molecule has 1 aromatic heterocycles. The van der Waals surface area contributed by atoms with Crippen molar-refractivity contribution in [2.45, 2.75) is 6.04 Å². The topological polar surface area (TPSA) is 113 Å². The molecular weight excluding hydrogens is 493 g/mol. The van der Waals surface area contributed by atoms with E-state index in [4.69, 9.17) is 37.9 Å². The molecule has 1 N–H and O–H groups in total. The maximum Gasteiger partial charge on any atom is 0.300 e. The molecule has 35 heavy (non-hydrogen) atoms. The lowest BCUT2D eigenvalue weighted by Gasteiger charge is -2.25. The van der Waals surface area contributed by atoms with Gasteiger partial charge in [-0.15, -0.1) is 0 Å². The zero-order valence-corrected chi connectivity index (χ0v) is 20.0. The van der Waals surface area contributed by atoms with E-state index in [1.165, 1.54) is 43.5 Å². The van der Waals surface area contributed by atoms with Crippen molar-refractivity contribution in [2.24, 2.45) is 0 Å². The van der Waals surface area contributed by atoms with Crippen LogP contribution in [-0.2, 0) is 9.59 Å². The van der Waals surface area contributed by atoms with E-state index in [1.807, 2.05) is 6.07 Å². The number of benzene rings is 2. The number of nitriles is 1. The molecule has 1 unspecified atom stereocenters. The minimum absolute atomic E-state index is 0.00928. The summed E-state index contributed by atoms with van der Waals surface area (Å²) in [5.41, 5.74) is 1.02. The molecule has 2 heterocycles. The summed E-state index contributed by atoms with van der Waals surface area (Å²) in [7, 11) is 2.71. The number of carbonyl (C=O) groups excluding carboxylic acids is 2. The van der Waals surface area contributed by atoms with E-state index in [0.717, 1.165) is 0 Å². The lowest BCUT2D eigenvalue weighted by atomic mass is 9.95. The standard InChI is InChI=1S/C25H17Cl2N3O5/c1-34-23-16(10-17(26)24(35-2)19(23)27)21(31)18-20(14-4-3-9-29-12-14)30(25(33)22(18)32)15-7-5-13(11-28)6-8-15/h3-10,12,20,31H,1-2H3/b21-18+. The van der Waals surface area contributed by atoms with Crippen molar-refractivity contribution >= 4 is 46.3 Å². The SMILES string of the molecule is COc1c(Cl)cc(/C(O)=C2\C(=O)C(=O)N(c3ccc(C#N)cc3)C2c2cccnc2)c(OC)c1Cl. The van der Waals surface area contributed by atoms with Crippen molar-refractivity contribution < 1.29 is 24.2 Å². The molecule has 0 saturated carbocycles. The fourth-order valence-electron chi connectivity index (χ4n) is 3.94. The van der Waals surface area contributed by atoms with E-state index in [-0.39, 0.29) is 32.7 Å². The van der Waals surface area contributed by atoms with Crippen LogP contribution >= 0.6 is 23.2 Å². The van der Waals surface area contributed by atoms with Gasteiger partial charge in [-0.05, 0) is 42.0 Å². The maximum atomic E-state index is 13.3. The number of carbonyl (C=O) groups is 2. The molecular formula is C25H17Cl2N3O5. The number of aliphatic hydroxyl groups is 1. The third-order valence-corrected chi connectivity index (χ3v) is 6.14. The van der Waals surface area contributed by atoms with Gasteiger partial charge in [-0.2, -0.15) is 5.26 Å². The van der Waals surface area contributed by atoms with E-state index >= 15 is 0 Å². The Morgan fingerprint density at radius 3 is 2.37 bits per heavy atom. The lowest BCUT2D eigenvalue weighted by Crippen LogP contribution is -2.29. The minimum Gasteiger partial charge on any atom is -0.507 e. The van der Waals surface area contributed by atoms with Crippen LogP contribution < -0.4 is 14.4 Å². The zero-order valence-electron chi connectivity index (χ0n) is 18.5. The lowest BCUT2D eigenvalue weighted by molar-refractivity contribution is -0.132. The van der Waals surface area contributed by atoms with Gasteiger partial charge in [0.05, 0.1) is 48.1 Å². The van der Waals surface area contributed by atoms with Crippen molar-refractivity contribution in [1.82, 2.24) is 4.98 Å². The number of ketones is 1. The number of halogens is 2. The number of nitrogens with zero attached hydrogens (tertiary/aromatic N) is 3. The van der Waals surface area contributed by atoms with Gasteiger partial charge < -0.3 is 14.6 Å². The smallest absolute Gasteiger partial charge is 0.300 e. The van der Waals surface area contributed by atoms with E-state index < -0.39 is 23.5 Å². The van der Waals surface area contributed by atoms with E-state index in [0.29, 0.717) is 16.8 Å². The van der Waals surface area contributed by atoms with Gasteiger partial charge in [0.1, 0.15) is 10.8 Å².